The SMILES string of the molecule is Cc1cc(C)c2ccc3c(N(c4ccccc4-c4ccccc4)c4cccc5c4oc4ccccc45)cc(N(c4ccccc4-c4ccccc4)c4cccc5c4oc4ccccc45)c4ccc1c2c43. The van der Waals surface area contributed by atoms with Crippen LogP contribution in [0.3, 0.4) is 0 Å². The van der Waals surface area contributed by atoms with Gasteiger partial charge in [-0.15, -0.1) is 0 Å². The van der Waals surface area contributed by atoms with Gasteiger partial charge in [-0.05, 0) is 94.7 Å². The van der Waals surface area contributed by atoms with E-state index >= 15 is 0 Å². The van der Waals surface area contributed by atoms with Crippen molar-refractivity contribution < 1.29 is 8.83 Å². The number of anilines is 6. The molecule has 14 rings (SSSR count). The number of benzene rings is 12. The molecule has 0 aliphatic rings. The molecule has 70 heavy (non-hydrogen) atoms. The van der Waals surface area contributed by atoms with Crippen LogP contribution in [-0.4, -0.2) is 0 Å². The topological polar surface area (TPSA) is 32.8 Å². The average molecular weight is 897 g/mol. The van der Waals surface area contributed by atoms with Crippen LogP contribution >= 0.6 is 0 Å². The van der Waals surface area contributed by atoms with Gasteiger partial charge in [0.15, 0.2) is 11.2 Å². The van der Waals surface area contributed by atoms with Crippen molar-refractivity contribution in [2.75, 3.05) is 9.80 Å². The zero-order chi connectivity index (χ0) is 46.5. The van der Waals surface area contributed by atoms with Gasteiger partial charge in [-0.25, -0.2) is 0 Å². The lowest BCUT2D eigenvalue weighted by atomic mass is 9.88. The molecular formula is C66H44N2O2. The summed E-state index contributed by atoms with van der Waals surface area (Å²) in [5, 5.41) is 11.5. The van der Waals surface area contributed by atoms with Gasteiger partial charge in [0.2, 0.25) is 0 Å². The van der Waals surface area contributed by atoms with Crippen molar-refractivity contribution in [2.24, 2.45) is 0 Å². The van der Waals surface area contributed by atoms with Gasteiger partial charge in [0, 0.05) is 48.8 Å². The van der Waals surface area contributed by atoms with E-state index in [-0.39, 0.29) is 0 Å². The summed E-state index contributed by atoms with van der Waals surface area (Å²) >= 11 is 0. The highest BCUT2D eigenvalue weighted by atomic mass is 16.3. The van der Waals surface area contributed by atoms with E-state index in [4.69, 9.17) is 8.83 Å². The van der Waals surface area contributed by atoms with E-state index in [1.54, 1.807) is 0 Å². The first-order chi connectivity index (χ1) is 34.6. The number of para-hydroxylation sites is 6. The van der Waals surface area contributed by atoms with Crippen LogP contribution in [0.15, 0.2) is 239 Å². The lowest BCUT2D eigenvalue weighted by Crippen LogP contribution is -2.16. The highest BCUT2D eigenvalue weighted by Crippen LogP contribution is 2.55. The molecule has 0 fully saturated rings. The summed E-state index contributed by atoms with van der Waals surface area (Å²) in [5.74, 6) is 0. The van der Waals surface area contributed by atoms with Crippen molar-refractivity contribution >= 4 is 110 Å². The first-order valence-corrected chi connectivity index (χ1v) is 24.0. The molecule has 12 aromatic carbocycles. The molecule has 2 aromatic heterocycles. The molecule has 0 unspecified atom stereocenters. The highest BCUT2D eigenvalue weighted by molar-refractivity contribution is 6.30. The minimum atomic E-state index is 0.823. The normalized spacial score (nSPS) is 11.9. The number of hydrogen-bond donors (Lipinski definition) is 0. The van der Waals surface area contributed by atoms with Crippen LogP contribution in [0.5, 0.6) is 0 Å². The van der Waals surface area contributed by atoms with Crippen molar-refractivity contribution in [3.05, 3.63) is 242 Å². The fourth-order valence-corrected chi connectivity index (χ4v) is 11.4. The molecule has 0 spiro atoms. The third kappa shape index (κ3) is 6.03. The standard InChI is InChI=1S/C66H44N2O2/c1-41-39-42(2)46-36-38-54-60(68(56-30-14-10-24-48(56)44-21-7-4-8-22-44)58-32-18-28-52-50-26-12-16-34-62(50)70-66(52)58)40-59(53-37-35-45(41)63(46)64(53)54)67(55-29-13-9-23-47(55)43-19-5-3-6-20-43)57-31-17-27-51-49-25-11-15-33-61(49)69-65(51)57/h3-40H,1-2H3. The van der Waals surface area contributed by atoms with E-state index in [0.717, 1.165) is 111 Å². The summed E-state index contributed by atoms with van der Waals surface area (Å²) in [6.45, 7) is 4.49. The number of hydrogen-bond acceptors (Lipinski definition) is 4. The Kier molecular flexibility index (Phi) is 8.99. The predicted octanol–water partition coefficient (Wildman–Crippen LogP) is 19.3. The maximum atomic E-state index is 7.00. The molecular weight excluding hydrogens is 853 g/mol. The summed E-state index contributed by atoms with van der Waals surface area (Å²) in [7, 11) is 0. The number of nitrogens with zero attached hydrogens (tertiary/aromatic N) is 2. The number of aryl methyl sites for hydroxylation is 2. The smallest absolute Gasteiger partial charge is 0.159 e. The van der Waals surface area contributed by atoms with E-state index in [1.165, 1.54) is 32.7 Å². The summed E-state index contributed by atoms with van der Waals surface area (Å²) in [5.41, 5.74) is 16.3. The van der Waals surface area contributed by atoms with Crippen LogP contribution in [0.4, 0.5) is 34.1 Å². The van der Waals surface area contributed by atoms with Gasteiger partial charge in [-0.2, -0.15) is 0 Å². The second-order valence-electron chi connectivity index (χ2n) is 18.4. The largest absolute Gasteiger partial charge is 0.454 e. The maximum absolute atomic E-state index is 7.00. The van der Waals surface area contributed by atoms with Gasteiger partial charge in [-0.3, -0.25) is 0 Å². The van der Waals surface area contributed by atoms with Gasteiger partial charge in [0.05, 0.1) is 34.1 Å². The van der Waals surface area contributed by atoms with E-state index in [9.17, 15) is 0 Å². The van der Waals surface area contributed by atoms with Crippen molar-refractivity contribution in [1.82, 2.24) is 0 Å². The van der Waals surface area contributed by atoms with E-state index in [0.29, 0.717) is 0 Å². The molecule has 4 heteroatoms. The Labute approximate surface area is 404 Å². The average Bonchev–Trinajstić information content (AvgIpc) is 4.00. The van der Waals surface area contributed by atoms with Gasteiger partial charge in [-0.1, -0.05) is 188 Å². The van der Waals surface area contributed by atoms with Crippen molar-refractivity contribution in [2.45, 2.75) is 13.8 Å². The molecule has 2 heterocycles. The molecule has 0 bridgehead atoms. The molecule has 0 saturated heterocycles. The number of furan rings is 2. The minimum absolute atomic E-state index is 0.823. The van der Waals surface area contributed by atoms with Crippen LogP contribution in [-0.2, 0) is 0 Å². The highest BCUT2D eigenvalue weighted by Gasteiger charge is 2.30. The second kappa shape index (κ2) is 15.7. The quantitative estimate of drug-likeness (QED) is 0.142. The Bertz CT molecular complexity index is 4070. The monoisotopic (exact) mass is 896 g/mol. The van der Waals surface area contributed by atoms with Gasteiger partial charge in [0.25, 0.3) is 0 Å². The summed E-state index contributed by atoms with van der Waals surface area (Å²) in [6.07, 6.45) is 0. The molecule has 0 saturated carbocycles. The molecule has 0 atom stereocenters. The van der Waals surface area contributed by atoms with Crippen molar-refractivity contribution in [3.63, 3.8) is 0 Å². The van der Waals surface area contributed by atoms with Crippen LogP contribution in [0, 0.1) is 13.8 Å². The Hall–Kier alpha value is -9.12. The Balaban J connectivity index is 1.18. The van der Waals surface area contributed by atoms with Crippen LogP contribution in [0.2, 0.25) is 0 Å². The summed E-state index contributed by atoms with van der Waals surface area (Å²) in [4.78, 5) is 4.93. The van der Waals surface area contributed by atoms with E-state index in [1.807, 2.05) is 0 Å². The maximum Gasteiger partial charge on any atom is 0.159 e. The molecule has 0 aliphatic heterocycles. The van der Waals surface area contributed by atoms with E-state index < -0.39 is 0 Å². The third-order valence-electron chi connectivity index (χ3n) is 14.5. The summed E-state index contributed by atoms with van der Waals surface area (Å²) < 4.78 is 14.0. The first kappa shape index (κ1) is 40.0. The lowest BCUT2D eigenvalue weighted by molar-refractivity contribution is 0.669. The Morgan fingerprint density at radius 1 is 0.271 bits per heavy atom. The predicted molar refractivity (Wildman–Crippen MR) is 294 cm³/mol. The third-order valence-corrected chi connectivity index (χ3v) is 14.5. The zero-order valence-corrected chi connectivity index (χ0v) is 38.7. The summed E-state index contributed by atoms with van der Waals surface area (Å²) in [6, 6.07) is 83.1. The fraction of sp³-hybridized carbons (Fsp3) is 0.0303. The minimum Gasteiger partial charge on any atom is -0.454 e. The molecule has 4 nitrogen and oxygen atoms in total. The van der Waals surface area contributed by atoms with Gasteiger partial charge in [0.1, 0.15) is 11.2 Å². The number of fused-ring (bicyclic) bond motifs is 6. The first-order valence-electron chi connectivity index (χ1n) is 24.0. The van der Waals surface area contributed by atoms with Crippen LogP contribution < -0.4 is 9.80 Å². The Morgan fingerprint density at radius 2 is 0.643 bits per heavy atom. The molecule has 0 radical (unpaired) electrons. The van der Waals surface area contributed by atoms with Crippen molar-refractivity contribution in [1.29, 1.82) is 0 Å². The molecule has 0 N–H and O–H groups in total. The van der Waals surface area contributed by atoms with Gasteiger partial charge >= 0.3 is 0 Å². The van der Waals surface area contributed by atoms with Crippen molar-refractivity contribution in [3.8, 4) is 22.3 Å². The van der Waals surface area contributed by atoms with E-state index in [2.05, 4.69) is 254 Å². The molecule has 14 aromatic rings. The van der Waals surface area contributed by atoms with Crippen LogP contribution in [0.25, 0.3) is 98.4 Å². The number of rotatable bonds is 8. The second-order valence-corrected chi connectivity index (χ2v) is 18.4. The molecule has 0 amide bonds. The lowest BCUT2D eigenvalue weighted by Gasteiger charge is -2.34. The Morgan fingerprint density at radius 3 is 1.13 bits per heavy atom. The van der Waals surface area contributed by atoms with Gasteiger partial charge < -0.3 is 18.6 Å². The fourth-order valence-electron chi connectivity index (χ4n) is 11.4. The molecule has 0 aliphatic carbocycles. The van der Waals surface area contributed by atoms with Crippen LogP contribution in [0.1, 0.15) is 11.1 Å². The zero-order valence-electron chi connectivity index (χ0n) is 38.7. The molecule has 330 valence electrons.